The molecule has 1 amide bonds. The summed E-state index contributed by atoms with van der Waals surface area (Å²) in [4.78, 5) is 23.3. The minimum atomic E-state index is -1.22. The molecule has 0 spiro atoms. The van der Waals surface area contributed by atoms with Crippen LogP contribution in [0, 0.1) is 11.6 Å². The topological polar surface area (TPSA) is 55.4 Å². The van der Waals surface area contributed by atoms with E-state index in [1.54, 1.807) is 0 Å². The van der Waals surface area contributed by atoms with E-state index in [4.69, 9.17) is 0 Å². The summed E-state index contributed by atoms with van der Waals surface area (Å²) < 4.78 is 31.1. The van der Waals surface area contributed by atoms with Gasteiger partial charge in [-0.05, 0) is 30.3 Å². The number of amides is 1. The van der Waals surface area contributed by atoms with Gasteiger partial charge < -0.3 is 10.1 Å². The predicted molar refractivity (Wildman–Crippen MR) is 72.1 cm³/mol. The minimum absolute atomic E-state index is 0.231. The molecule has 0 heterocycles. The van der Waals surface area contributed by atoms with Gasteiger partial charge in [0.1, 0.15) is 0 Å². The summed E-state index contributed by atoms with van der Waals surface area (Å²) in [7, 11) is 1.23. The van der Waals surface area contributed by atoms with E-state index in [1.165, 1.54) is 37.4 Å². The molecule has 0 aromatic heterocycles. The van der Waals surface area contributed by atoms with Crippen molar-refractivity contribution in [2.45, 2.75) is 0 Å². The molecule has 4 nitrogen and oxygen atoms in total. The quantitative estimate of drug-likeness (QED) is 0.884. The Bertz CT molecular complexity index is 701. The second-order valence-electron chi connectivity index (χ2n) is 4.13. The molecule has 2 rings (SSSR count). The van der Waals surface area contributed by atoms with E-state index < -0.39 is 29.1 Å². The number of ether oxygens (including phenoxy) is 1. The Balaban J connectivity index is 2.24. The standard InChI is InChI=1S/C15H11F2NO3/c1-21-15(20)9-4-2-5-10(8-9)18-14(19)11-6-3-7-12(16)13(11)17/h2-8H,1H3,(H,18,19). The van der Waals surface area contributed by atoms with Crippen LogP contribution in [-0.2, 0) is 4.74 Å². The van der Waals surface area contributed by atoms with Gasteiger partial charge in [0.05, 0.1) is 18.2 Å². The lowest BCUT2D eigenvalue weighted by Gasteiger charge is -2.07. The Hall–Kier alpha value is -2.76. The van der Waals surface area contributed by atoms with Crippen molar-refractivity contribution in [3.63, 3.8) is 0 Å². The van der Waals surface area contributed by atoms with Crippen molar-refractivity contribution in [3.8, 4) is 0 Å². The summed E-state index contributed by atoms with van der Waals surface area (Å²) in [5.74, 6) is -3.71. The molecule has 2 aromatic carbocycles. The van der Waals surface area contributed by atoms with Crippen molar-refractivity contribution in [1.82, 2.24) is 0 Å². The second-order valence-corrected chi connectivity index (χ2v) is 4.13. The highest BCUT2D eigenvalue weighted by atomic mass is 19.2. The fourth-order valence-electron chi connectivity index (χ4n) is 1.72. The largest absolute Gasteiger partial charge is 0.465 e. The normalized spacial score (nSPS) is 10.0. The van der Waals surface area contributed by atoms with Crippen LogP contribution in [0.4, 0.5) is 14.5 Å². The van der Waals surface area contributed by atoms with Crippen LogP contribution in [0.5, 0.6) is 0 Å². The van der Waals surface area contributed by atoms with Crippen LogP contribution in [-0.4, -0.2) is 19.0 Å². The Morgan fingerprint density at radius 1 is 1.10 bits per heavy atom. The second kappa shape index (κ2) is 6.13. The molecule has 6 heteroatoms. The molecular weight excluding hydrogens is 280 g/mol. The van der Waals surface area contributed by atoms with Crippen molar-refractivity contribution in [1.29, 1.82) is 0 Å². The lowest BCUT2D eigenvalue weighted by Crippen LogP contribution is -2.15. The maximum absolute atomic E-state index is 13.5. The summed E-state index contributed by atoms with van der Waals surface area (Å²) >= 11 is 0. The van der Waals surface area contributed by atoms with Crippen molar-refractivity contribution in [2.24, 2.45) is 0 Å². The van der Waals surface area contributed by atoms with Crippen molar-refractivity contribution in [2.75, 3.05) is 12.4 Å². The Kier molecular flexibility index (Phi) is 4.27. The number of esters is 1. The molecule has 0 unspecified atom stereocenters. The molecule has 0 aliphatic rings. The summed E-state index contributed by atoms with van der Waals surface area (Å²) in [5, 5.41) is 2.39. The molecule has 1 N–H and O–H groups in total. The molecule has 0 aliphatic carbocycles. The average molecular weight is 291 g/mol. The van der Waals surface area contributed by atoms with Crippen molar-refractivity contribution < 1.29 is 23.1 Å². The third-order valence-corrected chi connectivity index (χ3v) is 2.74. The maximum Gasteiger partial charge on any atom is 0.337 e. The predicted octanol–water partition coefficient (Wildman–Crippen LogP) is 3.00. The van der Waals surface area contributed by atoms with Gasteiger partial charge in [0.15, 0.2) is 11.6 Å². The smallest absolute Gasteiger partial charge is 0.337 e. The lowest BCUT2D eigenvalue weighted by molar-refractivity contribution is 0.0600. The molecule has 2 aromatic rings. The van der Waals surface area contributed by atoms with Crippen molar-refractivity contribution >= 4 is 17.6 Å². The first-order chi connectivity index (χ1) is 10.0. The van der Waals surface area contributed by atoms with Gasteiger partial charge >= 0.3 is 5.97 Å². The number of methoxy groups -OCH3 is 1. The van der Waals surface area contributed by atoms with E-state index in [2.05, 4.69) is 10.1 Å². The third kappa shape index (κ3) is 3.22. The molecule has 108 valence electrons. The van der Waals surface area contributed by atoms with Crippen molar-refractivity contribution in [3.05, 3.63) is 65.2 Å². The summed E-state index contributed by atoms with van der Waals surface area (Å²) in [6, 6.07) is 9.25. The van der Waals surface area contributed by atoms with Crippen LogP contribution in [0.2, 0.25) is 0 Å². The number of halogens is 2. The van der Waals surface area contributed by atoms with Crippen LogP contribution in [0.15, 0.2) is 42.5 Å². The highest BCUT2D eigenvalue weighted by molar-refractivity contribution is 6.05. The minimum Gasteiger partial charge on any atom is -0.465 e. The Labute approximate surface area is 119 Å². The molecule has 0 saturated heterocycles. The summed E-state index contributed by atoms with van der Waals surface area (Å²) in [6.45, 7) is 0. The molecule has 0 fully saturated rings. The van der Waals surface area contributed by atoms with Gasteiger partial charge in [-0.2, -0.15) is 0 Å². The van der Waals surface area contributed by atoms with E-state index >= 15 is 0 Å². The first-order valence-corrected chi connectivity index (χ1v) is 5.96. The monoisotopic (exact) mass is 291 g/mol. The zero-order valence-electron chi connectivity index (χ0n) is 11.0. The molecule has 0 aliphatic heterocycles. The third-order valence-electron chi connectivity index (χ3n) is 2.74. The summed E-state index contributed by atoms with van der Waals surface area (Å²) in [6.07, 6.45) is 0. The fraction of sp³-hybridized carbons (Fsp3) is 0.0667. The van der Waals surface area contributed by atoms with E-state index in [1.807, 2.05) is 0 Å². The van der Waals surface area contributed by atoms with E-state index in [0.717, 1.165) is 12.1 Å². The number of anilines is 1. The van der Waals surface area contributed by atoms with E-state index in [9.17, 15) is 18.4 Å². The van der Waals surface area contributed by atoms with Gasteiger partial charge in [-0.1, -0.05) is 12.1 Å². The number of hydrogen-bond donors (Lipinski definition) is 1. The number of benzene rings is 2. The molecule has 0 atom stereocenters. The first-order valence-electron chi connectivity index (χ1n) is 5.96. The number of nitrogens with one attached hydrogen (secondary N) is 1. The first kappa shape index (κ1) is 14.6. The van der Waals surface area contributed by atoms with Gasteiger partial charge in [-0.15, -0.1) is 0 Å². The SMILES string of the molecule is COC(=O)c1cccc(NC(=O)c2cccc(F)c2F)c1. The molecule has 0 saturated carbocycles. The molecule has 21 heavy (non-hydrogen) atoms. The van der Waals surface area contributed by atoms with Gasteiger partial charge in [-0.3, -0.25) is 4.79 Å². The lowest BCUT2D eigenvalue weighted by atomic mass is 10.1. The van der Waals surface area contributed by atoms with Crippen LogP contribution in [0.3, 0.4) is 0 Å². The molecule has 0 radical (unpaired) electrons. The number of rotatable bonds is 3. The van der Waals surface area contributed by atoms with Crippen LogP contribution in [0.25, 0.3) is 0 Å². The van der Waals surface area contributed by atoms with E-state index in [0.29, 0.717) is 0 Å². The fourth-order valence-corrected chi connectivity index (χ4v) is 1.72. The number of carbonyl (C=O) groups excluding carboxylic acids is 2. The average Bonchev–Trinajstić information content (AvgIpc) is 2.49. The van der Waals surface area contributed by atoms with Gasteiger partial charge in [0.25, 0.3) is 5.91 Å². The van der Waals surface area contributed by atoms with Crippen LogP contribution >= 0.6 is 0 Å². The molecule has 0 bridgehead atoms. The Morgan fingerprint density at radius 2 is 1.81 bits per heavy atom. The van der Waals surface area contributed by atoms with E-state index in [-0.39, 0.29) is 11.3 Å². The molecular formula is C15H11F2NO3. The van der Waals surface area contributed by atoms with Gasteiger partial charge in [0, 0.05) is 5.69 Å². The number of carbonyl (C=O) groups is 2. The highest BCUT2D eigenvalue weighted by Crippen LogP contribution is 2.16. The van der Waals surface area contributed by atoms with Crippen LogP contribution < -0.4 is 5.32 Å². The van der Waals surface area contributed by atoms with Gasteiger partial charge in [-0.25, -0.2) is 13.6 Å². The zero-order valence-corrected chi connectivity index (χ0v) is 11.0. The van der Waals surface area contributed by atoms with Crippen LogP contribution in [0.1, 0.15) is 20.7 Å². The Morgan fingerprint density at radius 3 is 2.52 bits per heavy atom. The number of hydrogen-bond acceptors (Lipinski definition) is 3. The zero-order chi connectivity index (χ0) is 15.4. The highest BCUT2D eigenvalue weighted by Gasteiger charge is 2.15. The maximum atomic E-state index is 13.5. The van der Waals surface area contributed by atoms with Gasteiger partial charge in [0.2, 0.25) is 0 Å². The summed E-state index contributed by atoms with van der Waals surface area (Å²) in [5.41, 5.74) is 0.0834.